The van der Waals surface area contributed by atoms with Crippen LogP contribution in [-0.4, -0.2) is 22.0 Å². The third-order valence-corrected chi connectivity index (χ3v) is 7.03. The maximum Gasteiger partial charge on any atom is 0.307 e. The molecule has 3 aliphatic rings. The van der Waals surface area contributed by atoms with Crippen molar-refractivity contribution in [2.75, 3.05) is 5.32 Å². The predicted octanol–water partition coefficient (Wildman–Crippen LogP) is 2.98. The first-order chi connectivity index (χ1) is 10.0. The standard InChI is InChI=1S/C14H15BrN2O3S/c15-8-5-16-13(21-8)17-11(18)9-6-1-2-7(10(9)12(19)20)14(6)3-4-14/h5-7,9-10H,1-4H2,(H,19,20)(H,16,17,18)/t6-,7+,9?,10+/m0/s1. The van der Waals surface area contributed by atoms with E-state index < -0.39 is 17.8 Å². The molecule has 5 nitrogen and oxygen atoms in total. The van der Waals surface area contributed by atoms with E-state index in [0.29, 0.717) is 5.13 Å². The summed E-state index contributed by atoms with van der Waals surface area (Å²) in [6.45, 7) is 0. The van der Waals surface area contributed by atoms with Crippen molar-refractivity contribution >= 4 is 44.3 Å². The van der Waals surface area contributed by atoms with Crippen LogP contribution in [0.1, 0.15) is 25.7 Å². The molecular weight excluding hydrogens is 356 g/mol. The van der Waals surface area contributed by atoms with Crippen molar-refractivity contribution in [1.29, 1.82) is 0 Å². The van der Waals surface area contributed by atoms with Gasteiger partial charge in [0, 0.05) is 0 Å². The molecule has 1 unspecified atom stereocenters. The van der Waals surface area contributed by atoms with E-state index in [-0.39, 0.29) is 23.2 Å². The van der Waals surface area contributed by atoms with Crippen LogP contribution < -0.4 is 5.32 Å². The first kappa shape index (κ1) is 13.7. The van der Waals surface area contributed by atoms with E-state index in [1.54, 1.807) is 6.20 Å². The highest BCUT2D eigenvalue weighted by molar-refractivity contribution is 9.11. The van der Waals surface area contributed by atoms with Crippen molar-refractivity contribution in [2.45, 2.75) is 25.7 Å². The van der Waals surface area contributed by atoms with Gasteiger partial charge in [-0.2, -0.15) is 0 Å². The zero-order valence-corrected chi connectivity index (χ0v) is 13.6. The summed E-state index contributed by atoms with van der Waals surface area (Å²) in [6.07, 6.45) is 5.79. The van der Waals surface area contributed by atoms with Crippen LogP contribution in [0.25, 0.3) is 0 Å². The molecule has 0 saturated heterocycles. The molecule has 1 heterocycles. The van der Waals surface area contributed by atoms with Gasteiger partial charge in [0.25, 0.3) is 0 Å². The Hall–Kier alpha value is -0.950. The van der Waals surface area contributed by atoms with E-state index in [2.05, 4.69) is 26.2 Å². The number of hydrogen-bond donors (Lipinski definition) is 2. The number of amides is 1. The molecule has 21 heavy (non-hydrogen) atoms. The Bertz CT molecular complexity index is 627. The summed E-state index contributed by atoms with van der Waals surface area (Å²) in [5.41, 5.74) is 0.161. The zero-order chi connectivity index (χ0) is 14.8. The third kappa shape index (κ3) is 1.90. The smallest absolute Gasteiger partial charge is 0.307 e. The molecule has 1 aromatic rings. The highest BCUT2D eigenvalue weighted by Crippen LogP contribution is 2.74. The molecular formula is C14H15BrN2O3S. The number of carbonyl (C=O) groups is 2. The number of halogens is 1. The van der Waals surface area contributed by atoms with Crippen molar-refractivity contribution in [1.82, 2.24) is 4.98 Å². The second-order valence-corrected chi connectivity index (χ2v) is 8.78. The van der Waals surface area contributed by atoms with Crippen molar-refractivity contribution < 1.29 is 14.7 Å². The Labute approximate surface area is 134 Å². The van der Waals surface area contributed by atoms with Gasteiger partial charge in [0.1, 0.15) is 0 Å². The number of rotatable bonds is 3. The maximum absolute atomic E-state index is 12.6. The zero-order valence-electron chi connectivity index (χ0n) is 11.2. The lowest BCUT2D eigenvalue weighted by Gasteiger charge is -2.26. The lowest BCUT2D eigenvalue weighted by atomic mass is 9.79. The molecule has 1 spiro atoms. The Morgan fingerprint density at radius 2 is 2.00 bits per heavy atom. The quantitative estimate of drug-likeness (QED) is 0.856. The summed E-state index contributed by atoms with van der Waals surface area (Å²) >= 11 is 4.66. The minimum Gasteiger partial charge on any atom is -0.481 e. The maximum atomic E-state index is 12.6. The first-order valence-corrected chi connectivity index (χ1v) is 8.79. The monoisotopic (exact) mass is 370 g/mol. The Balaban J connectivity index is 1.61. The predicted molar refractivity (Wildman–Crippen MR) is 80.9 cm³/mol. The van der Waals surface area contributed by atoms with Crippen LogP contribution in [-0.2, 0) is 9.59 Å². The van der Waals surface area contributed by atoms with E-state index in [1.165, 1.54) is 11.3 Å². The van der Waals surface area contributed by atoms with E-state index in [1.807, 2.05) is 0 Å². The second-order valence-electron chi connectivity index (χ2n) is 6.37. The van der Waals surface area contributed by atoms with Crippen LogP contribution in [0.4, 0.5) is 5.13 Å². The molecule has 4 atom stereocenters. The largest absolute Gasteiger partial charge is 0.481 e. The molecule has 7 heteroatoms. The molecule has 0 aliphatic heterocycles. The molecule has 1 aromatic heterocycles. The van der Waals surface area contributed by atoms with Crippen LogP contribution in [0.2, 0.25) is 0 Å². The van der Waals surface area contributed by atoms with Crippen LogP contribution in [0, 0.1) is 29.1 Å². The first-order valence-electron chi connectivity index (χ1n) is 7.18. The molecule has 2 N–H and O–H groups in total. The number of nitrogens with one attached hydrogen (secondary N) is 1. The topological polar surface area (TPSA) is 79.3 Å². The number of aromatic nitrogens is 1. The van der Waals surface area contributed by atoms with Gasteiger partial charge in [0.05, 0.1) is 21.8 Å². The van der Waals surface area contributed by atoms with E-state index >= 15 is 0 Å². The summed E-state index contributed by atoms with van der Waals surface area (Å²) < 4.78 is 0.846. The van der Waals surface area contributed by atoms with Gasteiger partial charge in [0.2, 0.25) is 5.91 Å². The molecule has 3 aliphatic carbocycles. The molecule has 3 fully saturated rings. The number of aliphatic carboxylic acids is 1. The summed E-state index contributed by atoms with van der Waals surface area (Å²) in [4.78, 5) is 28.4. The van der Waals surface area contributed by atoms with Crippen LogP contribution in [0.15, 0.2) is 9.98 Å². The molecule has 3 saturated carbocycles. The fourth-order valence-electron chi connectivity index (χ4n) is 4.84. The lowest BCUT2D eigenvalue weighted by molar-refractivity contribution is -0.148. The highest BCUT2D eigenvalue weighted by atomic mass is 79.9. The SMILES string of the molecule is O=C(Nc1ncc(Br)s1)C1[C@H](C(=O)O)[C@H]2CC[C@@H]1C21CC1. The van der Waals surface area contributed by atoms with Gasteiger partial charge in [-0.25, -0.2) is 4.98 Å². The summed E-state index contributed by atoms with van der Waals surface area (Å²) in [5, 5.41) is 12.9. The fraction of sp³-hybridized carbons (Fsp3) is 0.643. The minimum atomic E-state index is -0.811. The van der Waals surface area contributed by atoms with Gasteiger partial charge < -0.3 is 10.4 Å². The van der Waals surface area contributed by atoms with Crippen LogP contribution in [0.3, 0.4) is 0 Å². The highest BCUT2D eigenvalue weighted by Gasteiger charge is 2.71. The van der Waals surface area contributed by atoms with Crippen molar-refractivity contribution in [3.63, 3.8) is 0 Å². The Kier molecular flexibility index (Phi) is 2.95. The lowest BCUT2D eigenvalue weighted by Crippen LogP contribution is -2.37. The fourth-order valence-corrected chi connectivity index (χ4v) is 5.95. The van der Waals surface area contributed by atoms with Crippen molar-refractivity contribution in [2.24, 2.45) is 29.1 Å². The Morgan fingerprint density at radius 3 is 2.52 bits per heavy atom. The van der Waals surface area contributed by atoms with Gasteiger partial charge >= 0.3 is 5.97 Å². The van der Waals surface area contributed by atoms with Crippen LogP contribution >= 0.6 is 27.3 Å². The van der Waals surface area contributed by atoms with Crippen molar-refractivity contribution in [3.8, 4) is 0 Å². The molecule has 2 bridgehead atoms. The normalized spacial score (nSPS) is 35.1. The van der Waals surface area contributed by atoms with Gasteiger partial charge in [-0.3, -0.25) is 9.59 Å². The summed E-state index contributed by atoms with van der Waals surface area (Å²) in [5.74, 6) is -1.46. The minimum absolute atomic E-state index is 0.161. The number of hydrogen-bond acceptors (Lipinski definition) is 4. The van der Waals surface area contributed by atoms with Gasteiger partial charge in [-0.1, -0.05) is 11.3 Å². The van der Waals surface area contributed by atoms with Crippen LogP contribution in [0.5, 0.6) is 0 Å². The number of carbonyl (C=O) groups excluding carboxylic acids is 1. The average molecular weight is 371 g/mol. The number of thiazole rings is 1. The molecule has 1 amide bonds. The molecule has 4 rings (SSSR count). The number of nitrogens with zero attached hydrogens (tertiary/aromatic N) is 1. The molecule has 0 aromatic carbocycles. The summed E-state index contributed by atoms with van der Waals surface area (Å²) in [6, 6.07) is 0. The van der Waals surface area contributed by atoms with Gasteiger partial charge in [0.15, 0.2) is 5.13 Å². The third-order valence-electron chi connectivity index (χ3n) is 5.64. The molecule has 0 radical (unpaired) electrons. The number of anilines is 1. The number of carboxylic acid groups (broad SMARTS) is 1. The second kappa shape index (κ2) is 4.52. The Morgan fingerprint density at radius 1 is 1.33 bits per heavy atom. The van der Waals surface area contributed by atoms with E-state index in [9.17, 15) is 14.7 Å². The van der Waals surface area contributed by atoms with Gasteiger partial charge in [-0.15, -0.1) is 0 Å². The van der Waals surface area contributed by atoms with Gasteiger partial charge in [-0.05, 0) is 58.9 Å². The van der Waals surface area contributed by atoms with E-state index in [0.717, 1.165) is 29.5 Å². The summed E-state index contributed by atoms with van der Waals surface area (Å²) in [7, 11) is 0. The number of carboxylic acids is 1. The van der Waals surface area contributed by atoms with Crippen molar-refractivity contribution in [3.05, 3.63) is 9.98 Å². The average Bonchev–Trinajstić information content (AvgIpc) is 2.93. The molecule has 112 valence electrons. The van der Waals surface area contributed by atoms with E-state index in [4.69, 9.17) is 0 Å².